The monoisotopic (exact) mass is 245 g/mol. The Kier molecular flexibility index (Phi) is 8.15. The summed E-state index contributed by atoms with van der Waals surface area (Å²) in [4.78, 5) is 13.2. The van der Waals surface area contributed by atoms with Crippen LogP contribution in [0.3, 0.4) is 0 Å². The number of rotatable bonds is 8. The van der Waals surface area contributed by atoms with Crippen molar-refractivity contribution in [2.24, 2.45) is 0 Å². The third-order valence-electron chi connectivity index (χ3n) is 2.42. The van der Waals surface area contributed by atoms with Gasteiger partial charge in [0.1, 0.15) is 0 Å². The van der Waals surface area contributed by atoms with E-state index >= 15 is 0 Å². The first-order chi connectivity index (χ1) is 7.52. The van der Waals surface area contributed by atoms with Gasteiger partial charge < -0.3 is 13.8 Å². The summed E-state index contributed by atoms with van der Waals surface area (Å²) in [5, 5.41) is 0. The van der Waals surface area contributed by atoms with Gasteiger partial charge in [0.15, 0.2) is 0 Å². The standard InChI is InChI=1S/C11H23NO3Si/c1-10(2)11(13)12(3)8-6-7-9-16(14-4)15-5/h16H,1,6-9H2,2-5H3. The third-order valence-corrected chi connectivity index (χ3v) is 4.35. The van der Waals surface area contributed by atoms with Gasteiger partial charge in [-0.15, -0.1) is 0 Å². The lowest BCUT2D eigenvalue weighted by atomic mass is 10.2. The van der Waals surface area contributed by atoms with Crippen molar-refractivity contribution < 1.29 is 13.6 Å². The molecule has 0 aliphatic carbocycles. The maximum atomic E-state index is 11.5. The molecule has 0 aromatic carbocycles. The fourth-order valence-electron chi connectivity index (χ4n) is 1.42. The van der Waals surface area contributed by atoms with E-state index in [2.05, 4.69) is 6.58 Å². The first kappa shape index (κ1) is 15.3. The quantitative estimate of drug-likeness (QED) is 0.368. The highest BCUT2D eigenvalue weighted by Gasteiger charge is 2.11. The molecule has 5 heteroatoms. The Labute approximate surface area is 100 Å². The average Bonchev–Trinajstić information content (AvgIpc) is 2.27. The van der Waals surface area contributed by atoms with Crippen molar-refractivity contribution in [3.05, 3.63) is 12.2 Å². The Balaban J connectivity index is 3.66. The van der Waals surface area contributed by atoms with Crippen LogP contribution >= 0.6 is 0 Å². The number of carbonyl (C=O) groups excluding carboxylic acids is 1. The van der Waals surface area contributed by atoms with E-state index in [0.717, 1.165) is 25.4 Å². The molecular formula is C11H23NO3Si. The fourth-order valence-corrected chi connectivity index (χ4v) is 2.71. The van der Waals surface area contributed by atoms with E-state index in [-0.39, 0.29) is 5.91 Å². The van der Waals surface area contributed by atoms with Gasteiger partial charge >= 0.3 is 9.28 Å². The van der Waals surface area contributed by atoms with E-state index < -0.39 is 9.28 Å². The summed E-state index contributed by atoms with van der Waals surface area (Å²) < 4.78 is 10.4. The van der Waals surface area contributed by atoms with Crippen LogP contribution in [0.1, 0.15) is 19.8 Å². The minimum absolute atomic E-state index is 0.0206. The highest BCUT2D eigenvalue weighted by Crippen LogP contribution is 2.05. The molecule has 0 rings (SSSR count). The highest BCUT2D eigenvalue weighted by molar-refractivity contribution is 6.44. The van der Waals surface area contributed by atoms with Gasteiger partial charge in [0.25, 0.3) is 0 Å². The SMILES string of the molecule is C=C(C)C(=O)N(C)CCCC[SiH](OC)OC. The number of nitrogens with zero attached hydrogens (tertiary/aromatic N) is 1. The molecule has 0 spiro atoms. The third kappa shape index (κ3) is 6.04. The molecular weight excluding hydrogens is 222 g/mol. The van der Waals surface area contributed by atoms with Gasteiger partial charge in [-0.25, -0.2) is 0 Å². The van der Waals surface area contributed by atoms with Crippen LogP contribution in [0, 0.1) is 0 Å². The molecule has 0 aromatic rings. The predicted octanol–water partition coefficient (Wildman–Crippen LogP) is 1.31. The summed E-state index contributed by atoms with van der Waals surface area (Å²) in [5.41, 5.74) is 0.587. The molecule has 16 heavy (non-hydrogen) atoms. The normalized spacial score (nSPS) is 10.6. The fraction of sp³-hybridized carbons (Fsp3) is 0.727. The minimum atomic E-state index is -1.42. The molecule has 0 unspecified atom stereocenters. The maximum absolute atomic E-state index is 11.5. The Hall–Kier alpha value is -0.653. The van der Waals surface area contributed by atoms with Crippen molar-refractivity contribution in [1.82, 2.24) is 4.90 Å². The number of hydrogen-bond donors (Lipinski definition) is 0. The zero-order chi connectivity index (χ0) is 12.6. The molecule has 0 saturated carbocycles. The van der Waals surface area contributed by atoms with E-state index in [9.17, 15) is 4.79 Å². The van der Waals surface area contributed by atoms with Crippen molar-refractivity contribution in [2.75, 3.05) is 27.8 Å². The molecule has 0 radical (unpaired) electrons. The van der Waals surface area contributed by atoms with E-state index in [1.54, 1.807) is 33.1 Å². The van der Waals surface area contributed by atoms with Crippen molar-refractivity contribution >= 4 is 15.2 Å². The zero-order valence-electron chi connectivity index (χ0n) is 10.8. The van der Waals surface area contributed by atoms with Crippen molar-refractivity contribution in [3.63, 3.8) is 0 Å². The number of carbonyl (C=O) groups is 1. The molecule has 0 heterocycles. The topological polar surface area (TPSA) is 38.8 Å². The van der Waals surface area contributed by atoms with Gasteiger partial charge in [-0.3, -0.25) is 4.79 Å². The van der Waals surface area contributed by atoms with Crippen LogP contribution in [-0.4, -0.2) is 47.9 Å². The first-order valence-corrected chi connectivity index (χ1v) is 7.25. The van der Waals surface area contributed by atoms with Crippen LogP contribution in [-0.2, 0) is 13.6 Å². The summed E-state index contributed by atoms with van der Waals surface area (Å²) in [6, 6.07) is 0.988. The minimum Gasteiger partial charge on any atom is -0.400 e. The molecule has 0 aromatic heterocycles. The van der Waals surface area contributed by atoms with Gasteiger partial charge in [0.2, 0.25) is 5.91 Å². The van der Waals surface area contributed by atoms with E-state index in [1.165, 1.54) is 0 Å². The lowest BCUT2D eigenvalue weighted by Gasteiger charge is -2.17. The summed E-state index contributed by atoms with van der Waals surface area (Å²) >= 11 is 0. The van der Waals surface area contributed by atoms with Crippen LogP contribution in [0.15, 0.2) is 12.2 Å². The molecule has 0 saturated heterocycles. The molecule has 94 valence electrons. The van der Waals surface area contributed by atoms with Crippen molar-refractivity contribution in [1.29, 1.82) is 0 Å². The van der Waals surface area contributed by atoms with E-state index in [0.29, 0.717) is 5.57 Å². The first-order valence-electron chi connectivity index (χ1n) is 5.49. The molecule has 0 aliphatic rings. The largest absolute Gasteiger partial charge is 0.400 e. The maximum Gasteiger partial charge on any atom is 0.320 e. The number of unbranched alkanes of at least 4 members (excludes halogenated alkanes) is 1. The van der Waals surface area contributed by atoms with Crippen LogP contribution in [0.5, 0.6) is 0 Å². The van der Waals surface area contributed by atoms with Crippen LogP contribution in [0.2, 0.25) is 6.04 Å². The lowest BCUT2D eigenvalue weighted by molar-refractivity contribution is -0.125. The number of hydrogen-bond acceptors (Lipinski definition) is 3. The van der Waals surface area contributed by atoms with E-state index in [4.69, 9.17) is 8.85 Å². The van der Waals surface area contributed by atoms with Gasteiger partial charge in [-0.1, -0.05) is 6.58 Å². The lowest BCUT2D eigenvalue weighted by Crippen LogP contribution is -2.28. The second kappa shape index (κ2) is 8.49. The molecule has 0 atom stereocenters. The Morgan fingerprint density at radius 3 is 2.31 bits per heavy atom. The second-order valence-corrected chi connectivity index (χ2v) is 6.28. The Bertz CT molecular complexity index is 229. The van der Waals surface area contributed by atoms with E-state index in [1.807, 2.05) is 0 Å². The number of amides is 1. The van der Waals surface area contributed by atoms with Gasteiger partial charge in [0, 0.05) is 33.4 Å². The number of likely N-dealkylation sites (N-methyl/N-ethyl adjacent to an activating group) is 1. The average molecular weight is 245 g/mol. The van der Waals surface area contributed by atoms with Crippen LogP contribution in [0.25, 0.3) is 0 Å². The van der Waals surface area contributed by atoms with Gasteiger partial charge in [0.05, 0.1) is 0 Å². The van der Waals surface area contributed by atoms with Crippen LogP contribution < -0.4 is 0 Å². The Morgan fingerprint density at radius 2 is 1.88 bits per heavy atom. The van der Waals surface area contributed by atoms with Crippen molar-refractivity contribution in [2.45, 2.75) is 25.8 Å². The molecule has 0 bridgehead atoms. The molecule has 4 nitrogen and oxygen atoms in total. The van der Waals surface area contributed by atoms with Gasteiger partial charge in [-0.2, -0.15) is 0 Å². The van der Waals surface area contributed by atoms with Crippen molar-refractivity contribution in [3.8, 4) is 0 Å². The molecule has 0 aliphatic heterocycles. The van der Waals surface area contributed by atoms with Crippen LogP contribution in [0.4, 0.5) is 0 Å². The molecule has 1 amide bonds. The Morgan fingerprint density at radius 1 is 1.31 bits per heavy atom. The summed E-state index contributed by atoms with van der Waals surface area (Å²) in [6.45, 7) is 6.13. The van der Waals surface area contributed by atoms with Gasteiger partial charge in [-0.05, 0) is 25.8 Å². The summed E-state index contributed by atoms with van der Waals surface area (Å²) in [7, 11) is 3.77. The summed E-state index contributed by atoms with van der Waals surface area (Å²) in [5.74, 6) is 0.0206. The zero-order valence-corrected chi connectivity index (χ0v) is 11.9. The summed E-state index contributed by atoms with van der Waals surface area (Å²) in [6.07, 6.45) is 2.01. The predicted molar refractivity (Wildman–Crippen MR) is 67.7 cm³/mol. The smallest absolute Gasteiger partial charge is 0.320 e. The molecule has 0 N–H and O–H groups in total. The second-order valence-electron chi connectivity index (χ2n) is 3.90. The highest BCUT2D eigenvalue weighted by atomic mass is 28.3. The molecule has 0 fully saturated rings.